The molecule has 0 unspecified atom stereocenters. The number of nitrogens with one attached hydrogen (secondary N) is 2. The van der Waals surface area contributed by atoms with Gasteiger partial charge in [-0.1, -0.05) is 0 Å². The monoisotopic (exact) mass is 235 g/mol. The van der Waals surface area contributed by atoms with E-state index in [0.717, 1.165) is 23.5 Å². The van der Waals surface area contributed by atoms with Crippen molar-refractivity contribution in [1.82, 2.24) is 0 Å². The molecule has 0 aliphatic rings. The molecule has 0 atom stereocenters. The van der Waals surface area contributed by atoms with Gasteiger partial charge in [-0.2, -0.15) is 0 Å². The van der Waals surface area contributed by atoms with Gasteiger partial charge < -0.3 is 22.1 Å². The van der Waals surface area contributed by atoms with E-state index >= 15 is 0 Å². The number of guanidine groups is 1. The van der Waals surface area contributed by atoms with E-state index < -0.39 is 0 Å². The molecule has 1 aromatic rings. The highest BCUT2D eigenvalue weighted by atomic mass is 15.1. The van der Waals surface area contributed by atoms with E-state index in [1.807, 2.05) is 25.1 Å². The number of aliphatic imine (C=N–C) groups is 1. The second kappa shape index (κ2) is 6.75. The first kappa shape index (κ1) is 13.3. The van der Waals surface area contributed by atoms with Gasteiger partial charge in [0.05, 0.1) is 0 Å². The first-order chi connectivity index (χ1) is 8.21. The number of anilines is 2. The van der Waals surface area contributed by atoms with Crippen molar-refractivity contribution < 1.29 is 0 Å². The number of nitrogens with two attached hydrogens (primary N) is 2. The van der Waals surface area contributed by atoms with Crippen molar-refractivity contribution >= 4 is 17.3 Å². The fourth-order valence-electron chi connectivity index (χ4n) is 1.56. The summed E-state index contributed by atoms with van der Waals surface area (Å²) in [7, 11) is 0. The fraction of sp³-hybridized carbons (Fsp3) is 0.417. The second-order valence-corrected chi connectivity index (χ2v) is 3.59. The van der Waals surface area contributed by atoms with Crippen LogP contribution in [0.5, 0.6) is 0 Å². The molecular formula is C12H21N5. The number of nitrogens with zero attached hydrogens (tertiary/aromatic N) is 1. The Morgan fingerprint density at radius 3 is 2.71 bits per heavy atom. The summed E-state index contributed by atoms with van der Waals surface area (Å²) < 4.78 is 0. The van der Waals surface area contributed by atoms with E-state index in [1.165, 1.54) is 0 Å². The van der Waals surface area contributed by atoms with Crippen LogP contribution < -0.4 is 22.1 Å². The van der Waals surface area contributed by atoms with Crippen molar-refractivity contribution in [2.45, 2.75) is 20.4 Å². The molecule has 5 nitrogen and oxygen atoms in total. The van der Waals surface area contributed by atoms with Gasteiger partial charge in [0.25, 0.3) is 0 Å². The van der Waals surface area contributed by atoms with Gasteiger partial charge in [0.1, 0.15) is 0 Å². The van der Waals surface area contributed by atoms with Crippen LogP contribution in [0.15, 0.2) is 23.2 Å². The summed E-state index contributed by atoms with van der Waals surface area (Å²) in [6, 6.07) is 5.93. The van der Waals surface area contributed by atoms with Crippen molar-refractivity contribution in [1.29, 1.82) is 0 Å². The Balaban J connectivity index is 2.85. The number of rotatable bonds is 5. The molecule has 0 aliphatic carbocycles. The molecule has 1 aromatic carbocycles. The quantitative estimate of drug-likeness (QED) is 0.458. The zero-order valence-corrected chi connectivity index (χ0v) is 10.5. The molecule has 0 aromatic heterocycles. The molecule has 17 heavy (non-hydrogen) atoms. The molecule has 6 N–H and O–H groups in total. The largest absolute Gasteiger partial charge is 0.385 e. The maximum absolute atomic E-state index is 5.71. The Labute approximate surface area is 102 Å². The average molecular weight is 235 g/mol. The van der Waals surface area contributed by atoms with Gasteiger partial charge in [0, 0.05) is 31.0 Å². The van der Waals surface area contributed by atoms with E-state index in [0.29, 0.717) is 19.0 Å². The lowest BCUT2D eigenvalue weighted by Gasteiger charge is -2.12. The molecule has 1 rings (SSSR count). The van der Waals surface area contributed by atoms with E-state index in [2.05, 4.69) is 22.5 Å². The summed E-state index contributed by atoms with van der Waals surface area (Å²) in [5.41, 5.74) is 14.4. The summed E-state index contributed by atoms with van der Waals surface area (Å²) in [6.07, 6.45) is 0. The topological polar surface area (TPSA) is 88.5 Å². The van der Waals surface area contributed by atoms with E-state index in [9.17, 15) is 0 Å². The minimum Gasteiger partial charge on any atom is -0.385 e. The maximum atomic E-state index is 5.71. The van der Waals surface area contributed by atoms with Crippen molar-refractivity contribution in [3.05, 3.63) is 23.8 Å². The number of hydrogen-bond acceptors (Lipinski definition) is 3. The maximum Gasteiger partial charge on any atom is 0.193 e. The minimum atomic E-state index is 0.423. The zero-order valence-electron chi connectivity index (χ0n) is 10.5. The first-order valence-corrected chi connectivity index (χ1v) is 5.85. The highest BCUT2D eigenvalue weighted by Crippen LogP contribution is 2.19. The predicted octanol–water partition coefficient (Wildman–Crippen LogP) is 1.32. The van der Waals surface area contributed by atoms with Gasteiger partial charge in [-0.05, 0) is 37.6 Å². The third kappa shape index (κ3) is 3.96. The molecule has 0 saturated carbocycles. The Morgan fingerprint density at radius 2 is 2.12 bits per heavy atom. The van der Waals surface area contributed by atoms with Crippen molar-refractivity contribution in [3.8, 4) is 0 Å². The lowest BCUT2D eigenvalue weighted by atomic mass is 10.1. The molecule has 0 saturated heterocycles. The molecule has 94 valence electrons. The Kier molecular flexibility index (Phi) is 5.29. The summed E-state index contributed by atoms with van der Waals surface area (Å²) in [4.78, 5) is 4.07. The highest BCUT2D eigenvalue weighted by Gasteiger charge is 2.02. The molecule has 0 amide bonds. The summed E-state index contributed by atoms with van der Waals surface area (Å²) in [6.45, 7) is 6.02. The van der Waals surface area contributed by atoms with Crippen molar-refractivity contribution in [2.75, 3.05) is 23.7 Å². The SMILES string of the molecule is CCN=C(N)Nc1ccc(NCC)c(CN)c1. The fourth-order valence-corrected chi connectivity index (χ4v) is 1.56. The Hall–Kier alpha value is -1.75. The van der Waals surface area contributed by atoms with E-state index in [1.54, 1.807) is 0 Å². The van der Waals surface area contributed by atoms with Crippen LogP contribution in [-0.2, 0) is 6.54 Å². The predicted molar refractivity (Wildman–Crippen MR) is 74.3 cm³/mol. The van der Waals surface area contributed by atoms with Crippen LogP contribution in [0.25, 0.3) is 0 Å². The molecule has 0 aliphatic heterocycles. The normalized spacial score (nSPS) is 11.4. The van der Waals surface area contributed by atoms with Crippen molar-refractivity contribution in [2.24, 2.45) is 16.5 Å². The van der Waals surface area contributed by atoms with Crippen LogP contribution in [0.2, 0.25) is 0 Å². The van der Waals surface area contributed by atoms with Crippen LogP contribution in [0.4, 0.5) is 11.4 Å². The molecule has 0 fully saturated rings. The molecule has 5 heteroatoms. The van der Waals surface area contributed by atoms with Crippen LogP contribution in [0, 0.1) is 0 Å². The van der Waals surface area contributed by atoms with Gasteiger partial charge in [0.2, 0.25) is 0 Å². The third-order valence-electron chi connectivity index (χ3n) is 2.29. The number of benzene rings is 1. The molecule has 0 radical (unpaired) electrons. The van der Waals surface area contributed by atoms with Crippen LogP contribution >= 0.6 is 0 Å². The lowest BCUT2D eigenvalue weighted by Crippen LogP contribution is -2.22. The van der Waals surface area contributed by atoms with Crippen molar-refractivity contribution in [3.63, 3.8) is 0 Å². The Morgan fingerprint density at radius 1 is 1.35 bits per heavy atom. The molecule has 0 bridgehead atoms. The van der Waals surface area contributed by atoms with Gasteiger partial charge in [0.15, 0.2) is 5.96 Å². The van der Waals surface area contributed by atoms with E-state index in [-0.39, 0.29) is 0 Å². The second-order valence-electron chi connectivity index (χ2n) is 3.59. The van der Waals surface area contributed by atoms with Crippen LogP contribution in [0.1, 0.15) is 19.4 Å². The molecular weight excluding hydrogens is 214 g/mol. The highest BCUT2D eigenvalue weighted by molar-refractivity contribution is 5.92. The molecule has 0 heterocycles. The Bertz CT molecular complexity index is 386. The first-order valence-electron chi connectivity index (χ1n) is 5.85. The van der Waals surface area contributed by atoms with E-state index in [4.69, 9.17) is 11.5 Å². The molecule has 0 spiro atoms. The zero-order chi connectivity index (χ0) is 12.7. The van der Waals surface area contributed by atoms with Crippen LogP contribution in [0.3, 0.4) is 0 Å². The van der Waals surface area contributed by atoms with Gasteiger partial charge in [-0.25, -0.2) is 0 Å². The smallest absolute Gasteiger partial charge is 0.193 e. The average Bonchev–Trinajstić information content (AvgIpc) is 2.31. The number of hydrogen-bond donors (Lipinski definition) is 4. The third-order valence-corrected chi connectivity index (χ3v) is 2.29. The van der Waals surface area contributed by atoms with Gasteiger partial charge in [-0.15, -0.1) is 0 Å². The van der Waals surface area contributed by atoms with Gasteiger partial charge >= 0.3 is 0 Å². The standard InChI is InChI=1S/C12H21N5/c1-3-15-11-6-5-10(7-9(11)8-13)17-12(14)16-4-2/h5-7,15H,3-4,8,13H2,1-2H3,(H3,14,16,17). The summed E-state index contributed by atoms with van der Waals surface area (Å²) in [5.74, 6) is 0.423. The minimum absolute atomic E-state index is 0.423. The van der Waals surface area contributed by atoms with Crippen LogP contribution in [-0.4, -0.2) is 19.0 Å². The summed E-state index contributed by atoms with van der Waals surface area (Å²) >= 11 is 0. The summed E-state index contributed by atoms with van der Waals surface area (Å²) in [5, 5.41) is 6.29. The lowest BCUT2D eigenvalue weighted by molar-refractivity contribution is 1.06. The van der Waals surface area contributed by atoms with Gasteiger partial charge in [-0.3, -0.25) is 4.99 Å².